The molecule has 0 radical (unpaired) electrons. The van der Waals surface area contributed by atoms with Crippen LogP contribution < -0.4 is 15.4 Å². The molecule has 0 amide bonds. The number of alkyl halides is 2. The minimum Gasteiger partial charge on any atom is -0.433 e. The van der Waals surface area contributed by atoms with Crippen LogP contribution in [-0.2, 0) is 6.54 Å². The Kier molecular flexibility index (Phi) is 5.92. The van der Waals surface area contributed by atoms with Crippen molar-refractivity contribution in [1.29, 1.82) is 0 Å². The third-order valence-corrected chi connectivity index (χ3v) is 3.70. The Morgan fingerprint density at radius 1 is 1.11 bits per heavy atom. The van der Waals surface area contributed by atoms with Crippen LogP contribution in [0, 0.1) is 5.82 Å². The first kappa shape index (κ1) is 18.7. The highest BCUT2D eigenvalue weighted by atomic mass is 32.1. The first-order valence-corrected chi connectivity index (χ1v) is 8.29. The van der Waals surface area contributed by atoms with Crippen LogP contribution in [0.4, 0.5) is 24.5 Å². The number of halogens is 3. The molecule has 0 spiro atoms. The van der Waals surface area contributed by atoms with E-state index in [0.29, 0.717) is 17.9 Å². The third kappa shape index (κ3) is 5.45. The lowest BCUT2D eigenvalue weighted by molar-refractivity contribution is -0.0493. The van der Waals surface area contributed by atoms with Gasteiger partial charge in [-0.15, -0.1) is 0 Å². The summed E-state index contributed by atoms with van der Waals surface area (Å²) in [4.78, 5) is 0. The van der Waals surface area contributed by atoms with Crippen molar-refractivity contribution in [3.8, 4) is 5.75 Å². The minimum atomic E-state index is -2.93. The molecule has 27 heavy (non-hydrogen) atoms. The molecule has 0 saturated heterocycles. The Balaban J connectivity index is 1.60. The zero-order valence-electron chi connectivity index (χ0n) is 13.9. The molecular weight excluding hydrogens is 377 g/mol. The average molecular weight is 392 g/mol. The second-order valence-corrected chi connectivity index (χ2v) is 5.92. The van der Waals surface area contributed by atoms with Gasteiger partial charge in [0.1, 0.15) is 11.6 Å². The third-order valence-electron chi connectivity index (χ3n) is 3.50. The average Bonchev–Trinajstić information content (AvgIpc) is 3.05. The molecule has 2 N–H and O–H groups in total. The van der Waals surface area contributed by atoms with Crippen molar-refractivity contribution in [2.75, 3.05) is 10.6 Å². The number of hydrogen-bond acceptors (Lipinski definition) is 3. The summed E-state index contributed by atoms with van der Waals surface area (Å²) in [5, 5.41) is 10.1. The van der Waals surface area contributed by atoms with Crippen molar-refractivity contribution in [1.82, 2.24) is 9.78 Å². The van der Waals surface area contributed by atoms with Gasteiger partial charge < -0.3 is 15.4 Å². The number of aromatic nitrogens is 2. The molecule has 0 saturated carbocycles. The Labute approximate surface area is 158 Å². The number of ether oxygens (including phenoxy) is 1. The van der Waals surface area contributed by atoms with Crippen molar-refractivity contribution in [2.24, 2.45) is 0 Å². The zero-order chi connectivity index (χ0) is 19.2. The summed E-state index contributed by atoms with van der Waals surface area (Å²) < 4.78 is 44.0. The smallest absolute Gasteiger partial charge is 0.387 e. The summed E-state index contributed by atoms with van der Waals surface area (Å²) in [5.74, 6) is -0.308. The molecule has 0 unspecified atom stereocenters. The summed E-state index contributed by atoms with van der Waals surface area (Å²) in [6.07, 6.45) is 3.29. The van der Waals surface area contributed by atoms with Crippen LogP contribution in [0.25, 0.3) is 0 Å². The van der Waals surface area contributed by atoms with Gasteiger partial charge in [0, 0.05) is 6.20 Å². The van der Waals surface area contributed by atoms with Crippen LogP contribution in [0.3, 0.4) is 0 Å². The second-order valence-electron chi connectivity index (χ2n) is 5.51. The molecule has 3 rings (SSSR count). The van der Waals surface area contributed by atoms with Gasteiger partial charge in [-0.3, -0.25) is 4.68 Å². The normalized spacial score (nSPS) is 10.7. The van der Waals surface area contributed by atoms with E-state index in [1.165, 1.54) is 18.2 Å². The maximum Gasteiger partial charge on any atom is 0.387 e. The van der Waals surface area contributed by atoms with E-state index in [2.05, 4.69) is 20.5 Å². The number of para-hydroxylation sites is 2. The highest BCUT2D eigenvalue weighted by Crippen LogP contribution is 2.25. The zero-order valence-corrected chi connectivity index (χ0v) is 14.7. The summed E-state index contributed by atoms with van der Waals surface area (Å²) in [5.41, 5.74) is 1.82. The fraction of sp³-hybridized carbons (Fsp3) is 0.111. The highest BCUT2D eigenvalue weighted by molar-refractivity contribution is 7.80. The Hall–Kier alpha value is -3.07. The number of nitrogens with zero attached hydrogens (tertiary/aromatic N) is 2. The summed E-state index contributed by atoms with van der Waals surface area (Å²) in [6, 6.07) is 12.4. The molecule has 2 aromatic carbocycles. The predicted octanol–water partition coefficient (Wildman–Crippen LogP) is 4.48. The SMILES string of the molecule is Fc1ccc(Cn2cc(NC(=S)Nc3ccccc3OC(F)F)cn2)cc1. The van der Waals surface area contributed by atoms with Crippen molar-refractivity contribution < 1.29 is 17.9 Å². The molecule has 5 nitrogen and oxygen atoms in total. The Bertz CT molecular complexity index is 915. The van der Waals surface area contributed by atoms with Gasteiger partial charge in [0.25, 0.3) is 0 Å². The Morgan fingerprint density at radius 3 is 2.59 bits per heavy atom. The fourth-order valence-corrected chi connectivity index (χ4v) is 2.57. The fourth-order valence-electron chi connectivity index (χ4n) is 2.34. The lowest BCUT2D eigenvalue weighted by atomic mass is 10.2. The minimum absolute atomic E-state index is 0.0105. The second kappa shape index (κ2) is 8.54. The van der Waals surface area contributed by atoms with E-state index in [0.717, 1.165) is 5.56 Å². The number of rotatable bonds is 6. The summed E-state index contributed by atoms with van der Waals surface area (Å²) in [6.45, 7) is -2.47. The molecule has 0 bridgehead atoms. The highest BCUT2D eigenvalue weighted by Gasteiger charge is 2.10. The van der Waals surface area contributed by atoms with Gasteiger partial charge in [0.05, 0.1) is 24.1 Å². The quantitative estimate of drug-likeness (QED) is 0.606. The van der Waals surface area contributed by atoms with Gasteiger partial charge in [-0.25, -0.2) is 4.39 Å². The lowest BCUT2D eigenvalue weighted by Crippen LogP contribution is -2.19. The van der Waals surface area contributed by atoms with E-state index in [1.54, 1.807) is 47.4 Å². The standard InChI is InChI=1S/C18H15F3N4OS/c19-13-7-5-12(6-8-13)10-25-11-14(9-22-25)23-18(27)24-15-3-1-2-4-16(15)26-17(20)21/h1-9,11,17H,10H2,(H2,23,24,27). The van der Waals surface area contributed by atoms with E-state index >= 15 is 0 Å². The van der Waals surface area contributed by atoms with Crippen molar-refractivity contribution in [3.05, 3.63) is 72.3 Å². The van der Waals surface area contributed by atoms with Crippen molar-refractivity contribution >= 4 is 28.7 Å². The molecule has 0 atom stereocenters. The van der Waals surface area contributed by atoms with Gasteiger partial charge in [0.15, 0.2) is 5.11 Å². The molecule has 9 heteroatoms. The predicted molar refractivity (Wildman–Crippen MR) is 101 cm³/mol. The van der Waals surface area contributed by atoms with Crippen molar-refractivity contribution in [2.45, 2.75) is 13.2 Å². The van der Waals surface area contributed by atoms with Crippen LogP contribution in [-0.4, -0.2) is 21.5 Å². The van der Waals surface area contributed by atoms with Gasteiger partial charge in [-0.1, -0.05) is 24.3 Å². The summed E-state index contributed by atoms with van der Waals surface area (Å²) >= 11 is 5.20. The first-order valence-electron chi connectivity index (χ1n) is 7.88. The monoisotopic (exact) mass is 392 g/mol. The van der Waals surface area contributed by atoms with E-state index in [9.17, 15) is 13.2 Å². The molecule has 0 aliphatic heterocycles. The van der Waals surface area contributed by atoms with Crippen LogP contribution in [0.15, 0.2) is 60.9 Å². The Morgan fingerprint density at radius 2 is 1.85 bits per heavy atom. The topological polar surface area (TPSA) is 51.1 Å². The van der Waals surface area contributed by atoms with E-state index < -0.39 is 6.61 Å². The molecule has 0 aliphatic rings. The van der Waals surface area contributed by atoms with Gasteiger partial charge in [0.2, 0.25) is 0 Å². The number of anilines is 2. The van der Waals surface area contributed by atoms with E-state index in [1.807, 2.05) is 0 Å². The molecule has 140 valence electrons. The first-order chi connectivity index (χ1) is 13.0. The van der Waals surface area contributed by atoms with E-state index in [4.69, 9.17) is 12.2 Å². The largest absolute Gasteiger partial charge is 0.433 e. The number of thiocarbonyl (C=S) groups is 1. The molecule has 0 fully saturated rings. The van der Waals surface area contributed by atoms with Crippen molar-refractivity contribution in [3.63, 3.8) is 0 Å². The number of nitrogens with one attached hydrogen (secondary N) is 2. The molecule has 1 aromatic heterocycles. The molecule has 3 aromatic rings. The van der Waals surface area contributed by atoms with Gasteiger partial charge >= 0.3 is 6.61 Å². The van der Waals surface area contributed by atoms with Crippen LogP contribution >= 0.6 is 12.2 Å². The molecule has 1 heterocycles. The van der Waals surface area contributed by atoms with Crippen LogP contribution in [0.1, 0.15) is 5.56 Å². The summed E-state index contributed by atoms with van der Waals surface area (Å²) in [7, 11) is 0. The van der Waals surface area contributed by atoms with Crippen LogP contribution in [0.2, 0.25) is 0 Å². The van der Waals surface area contributed by atoms with E-state index in [-0.39, 0.29) is 16.7 Å². The number of benzene rings is 2. The molecular formula is C18H15F3N4OS. The van der Waals surface area contributed by atoms with Gasteiger partial charge in [-0.2, -0.15) is 13.9 Å². The maximum atomic E-state index is 12.9. The van der Waals surface area contributed by atoms with Crippen LogP contribution in [0.5, 0.6) is 5.75 Å². The lowest BCUT2D eigenvalue weighted by Gasteiger charge is -2.13. The van der Waals surface area contributed by atoms with Gasteiger partial charge in [-0.05, 0) is 42.0 Å². The maximum absolute atomic E-state index is 12.9. The molecule has 0 aliphatic carbocycles. The number of hydrogen-bond donors (Lipinski definition) is 2.